The number of para-hydroxylation sites is 2. The van der Waals surface area contributed by atoms with Gasteiger partial charge in [0.1, 0.15) is 30.2 Å². The van der Waals surface area contributed by atoms with Gasteiger partial charge in [0, 0.05) is 6.04 Å². The Morgan fingerprint density at radius 3 is 2.67 bits per heavy atom. The van der Waals surface area contributed by atoms with E-state index in [9.17, 15) is 14.7 Å². The minimum Gasteiger partial charge on any atom is -0.480 e. The molecule has 0 saturated heterocycles. The Morgan fingerprint density at radius 2 is 1.88 bits per heavy atom. The molecule has 3 aromatic heterocycles. The van der Waals surface area contributed by atoms with Crippen LogP contribution < -0.4 is 0 Å². The first-order valence-electron chi connectivity index (χ1n) is 10.8. The maximum atomic E-state index is 12.9. The molecule has 1 aliphatic carbocycles. The van der Waals surface area contributed by atoms with Crippen molar-refractivity contribution in [2.45, 2.75) is 38.3 Å². The van der Waals surface area contributed by atoms with Gasteiger partial charge in [-0.3, -0.25) is 14.6 Å². The van der Waals surface area contributed by atoms with Crippen LogP contribution in [0.1, 0.15) is 42.0 Å². The van der Waals surface area contributed by atoms with Crippen molar-refractivity contribution >= 4 is 22.9 Å². The summed E-state index contributed by atoms with van der Waals surface area (Å²) in [5.74, 6) is -0.796. The molecule has 0 bridgehead atoms. The zero-order valence-electron chi connectivity index (χ0n) is 17.8. The summed E-state index contributed by atoms with van der Waals surface area (Å²) in [6, 6.07) is 10.8. The summed E-state index contributed by atoms with van der Waals surface area (Å²) in [7, 11) is 0. The quantitative estimate of drug-likeness (QED) is 0.459. The summed E-state index contributed by atoms with van der Waals surface area (Å²) in [5.41, 5.74) is 2.75. The fraction of sp³-hybridized carbons (Fsp3) is 0.304. The van der Waals surface area contributed by atoms with E-state index in [2.05, 4.69) is 20.3 Å². The van der Waals surface area contributed by atoms with Gasteiger partial charge < -0.3 is 14.4 Å². The van der Waals surface area contributed by atoms with E-state index in [4.69, 9.17) is 4.42 Å². The molecule has 10 nitrogen and oxygen atoms in total. The molecule has 0 atom stereocenters. The summed E-state index contributed by atoms with van der Waals surface area (Å²) < 4.78 is 7.33. The van der Waals surface area contributed by atoms with Gasteiger partial charge in [0.2, 0.25) is 0 Å². The number of carbonyl (C=O) groups excluding carboxylic acids is 1. The molecule has 10 heteroatoms. The highest BCUT2D eigenvalue weighted by molar-refractivity contribution is 5.93. The molecule has 1 aliphatic rings. The number of aromatic nitrogens is 5. The number of amides is 1. The van der Waals surface area contributed by atoms with E-state index in [0.29, 0.717) is 17.1 Å². The zero-order valence-corrected chi connectivity index (χ0v) is 17.8. The number of hydrogen-bond acceptors (Lipinski definition) is 7. The molecular weight excluding hydrogens is 424 g/mol. The fourth-order valence-corrected chi connectivity index (χ4v) is 4.18. The molecule has 1 N–H and O–H groups in total. The molecule has 3 heterocycles. The van der Waals surface area contributed by atoms with E-state index >= 15 is 0 Å². The van der Waals surface area contributed by atoms with Gasteiger partial charge in [0.15, 0.2) is 5.76 Å². The summed E-state index contributed by atoms with van der Waals surface area (Å²) >= 11 is 0. The average molecular weight is 446 g/mol. The van der Waals surface area contributed by atoms with Gasteiger partial charge in [-0.05, 0) is 37.1 Å². The first kappa shape index (κ1) is 20.8. The Hall–Kier alpha value is -4.08. The van der Waals surface area contributed by atoms with E-state index in [-0.39, 0.29) is 24.9 Å². The third-order valence-electron chi connectivity index (χ3n) is 5.77. The summed E-state index contributed by atoms with van der Waals surface area (Å²) in [6.45, 7) is -0.0671. The standard InChI is InChI=1S/C23H22N6O4/c30-22(31)14-29(15-5-1-2-6-15)23(32)21-10-9-16(33-21)12-28-13-20(26-27-28)19-11-24-17-7-3-4-8-18(17)25-19/h3-4,7-11,13,15H,1-2,5-6,12,14H2,(H,30,31). The van der Waals surface area contributed by atoms with Crippen molar-refractivity contribution in [3.05, 3.63) is 60.3 Å². The van der Waals surface area contributed by atoms with Crippen molar-refractivity contribution in [1.29, 1.82) is 0 Å². The van der Waals surface area contributed by atoms with Gasteiger partial charge in [0.05, 0.1) is 23.4 Å². The number of carboxylic acids is 1. The molecule has 1 aromatic carbocycles. The molecule has 33 heavy (non-hydrogen) atoms. The Morgan fingerprint density at radius 1 is 1.09 bits per heavy atom. The first-order valence-corrected chi connectivity index (χ1v) is 10.8. The average Bonchev–Trinajstić information content (AvgIpc) is 3.59. The first-order chi connectivity index (χ1) is 16.1. The van der Waals surface area contributed by atoms with E-state index in [0.717, 1.165) is 36.7 Å². The molecular formula is C23H22N6O4. The largest absolute Gasteiger partial charge is 0.480 e. The second-order valence-corrected chi connectivity index (χ2v) is 8.08. The van der Waals surface area contributed by atoms with Gasteiger partial charge in [-0.25, -0.2) is 9.67 Å². The van der Waals surface area contributed by atoms with Crippen molar-refractivity contribution in [1.82, 2.24) is 29.9 Å². The Kier molecular flexibility index (Phi) is 5.55. The highest BCUT2D eigenvalue weighted by Gasteiger charge is 2.30. The smallest absolute Gasteiger partial charge is 0.323 e. The minimum absolute atomic E-state index is 0.0666. The van der Waals surface area contributed by atoms with E-state index in [1.165, 1.54) is 4.90 Å². The van der Waals surface area contributed by atoms with Crippen LogP contribution in [0, 0.1) is 0 Å². The molecule has 1 saturated carbocycles. The van der Waals surface area contributed by atoms with Gasteiger partial charge in [0.25, 0.3) is 5.91 Å². The summed E-state index contributed by atoms with van der Waals surface area (Å²) in [6.07, 6.45) is 7.00. The number of nitrogens with zero attached hydrogens (tertiary/aromatic N) is 6. The number of furan rings is 1. The second-order valence-electron chi connectivity index (χ2n) is 8.08. The second kappa shape index (κ2) is 8.81. The highest BCUT2D eigenvalue weighted by atomic mass is 16.4. The number of aliphatic carboxylic acids is 1. The molecule has 5 rings (SSSR count). The number of benzene rings is 1. The molecule has 168 valence electrons. The number of hydrogen-bond donors (Lipinski definition) is 1. The van der Waals surface area contributed by atoms with Crippen LogP contribution in [0.25, 0.3) is 22.4 Å². The van der Waals surface area contributed by atoms with Gasteiger partial charge in [-0.2, -0.15) is 0 Å². The van der Waals surface area contributed by atoms with Crippen LogP contribution in [0.4, 0.5) is 0 Å². The predicted octanol–water partition coefficient (Wildman–Crippen LogP) is 3.00. The SMILES string of the molecule is O=C(O)CN(C(=O)c1ccc(Cn2cc(-c3cnc4ccccc4n3)nn2)o1)C1CCCC1. The van der Waals surface area contributed by atoms with Crippen LogP contribution in [-0.4, -0.2) is 59.4 Å². The van der Waals surface area contributed by atoms with Crippen LogP contribution in [0.3, 0.4) is 0 Å². The van der Waals surface area contributed by atoms with E-state index in [1.54, 1.807) is 29.2 Å². The Labute approximate surface area is 188 Å². The number of fused-ring (bicyclic) bond motifs is 1. The molecule has 0 unspecified atom stereocenters. The lowest BCUT2D eigenvalue weighted by Gasteiger charge is -2.26. The van der Waals surface area contributed by atoms with Crippen molar-refractivity contribution in [3.8, 4) is 11.4 Å². The molecule has 0 radical (unpaired) electrons. The lowest BCUT2D eigenvalue weighted by atomic mass is 10.2. The molecule has 4 aromatic rings. The maximum Gasteiger partial charge on any atom is 0.323 e. The zero-order chi connectivity index (χ0) is 22.8. The van der Waals surface area contributed by atoms with Gasteiger partial charge in [-0.15, -0.1) is 5.10 Å². The normalized spacial score (nSPS) is 14.1. The van der Waals surface area contributed by atoms with E-state index in [1.807, 2.05) is 24.3 Å². The van der Waals surface area contributed by atoms with Crippen molar-refractivity contribution in [2.75, 3.05) is 6.54 Å². The lowest BCUT2D eigenvalue weighted by molar-refractivity contribution is -0.138. The summed E-state index contributed by atoms with van der Waals surface area (Å²) in [4.78, 5) is 34.6. The Bertz CT molecular complexity index is 1310. The summed E-state index contributed by atoms with van der Waals surface area (Å²) in [5, 5.41) is 17.5. The molecule has 0 spiro atoms. The fourth-order valence-electron chi connectivity index (χ4n) is 4.18. The third-order valence-corrected chi connectivity index (χ3v) is 5.77. The number of carboxylic acid groups (broad SMARTS) is 1. The van der Waals surface area contributed by atoms with Crippen LogP contribution in [0.15, 0.2) is 53.2 Å². The molecule has 1 amide bonds. The predicted molar refractivity (Wildman–Crippen MR) is 117 cm³/mol. The van der Waals surface area contributed by atoms with Crippen LogP contribution >= 0.6 is 0 Å². The van der Waals surface area contributed by atoms with Crippen molar-refractivity contribution in [2.24, 2.45) is 0 Å². The van der Waals surface area contributed by atoms with Crippen LogP contribution in [0.2, 0.25) is 0 Å². The van der Waals surface area contributed by atoms with Gasteiger partial charge in [-0.1, -0.05) is 30.2 Å². The minimum atomic E-state index is -1.03. The highest BCUT2D eigenvalue weighted by Crippen LogP contribution is 2.25. The maximum absolute atomic E-state index is 12.9. The molecule has 0 aliphatic heterocycles. The third kappa shape index (κ3) is 4.45. The van der Waals surface area contributed by atoms with E-state index < -0.39 is 11.9 Å². The topological polar surface area (TPSA) is 127 Å². The lowest BCUT2D eigenvalue weighted by Crippen LogP contribution is -2.42. The van der Waals surface area contributed by atoms with Crippen LogP contribution in [-0.2, 0) is 11.3 Å². The van der Waals surface area contributed by atoms with Gasteiger partial charge >= 0.3 is 5.97 Å². The van der Waals surface area contributed by atoms with Crippen molar-refractivity contribution < 1.29 is 19.1 Å². The Balaban J connectivity index is 1.31. The molecule has 1 fully saturated rings. The number of carbonyl (C=O) groups is 2. The van der Waals surface area contributed by atoms with Crippen molar-refractivity contribution in [3.63, 3.8) is 0 Å². The monoisotopic (exact) mass is 446 g/mol. The number of rotatable bonds is 7. The van der Waals surface area contributed by atoms with Crippen LogP contribution in [0.5, 0.6) is 0 Å².